The van der Waals surface area contributed by atoms with Crippen LogP contribution in [0.2, 0.25) is 0 Å². The van der Waals surface area contributed by atoms with E-state index in [4.69, 9.17) is 14.5 Å². The minimum Gasteiger partial charge on any atom is -0.381 e. The Morgan fingerprint density at radius 2 is 2.00 bits per heavy atom. The van der Waals surface area contributed by atoms with E-state index in [1.807, 2.05) is 6.92 Å². The Hall–Kier alpha value is -1.80. The average molecular weight is 413 g/mol. The fraction of sp³-hybridized carbons (Fsp3) is 0.667. The number of nitrogens with one attached hydrogen (secondary N) is 2. The van der Waals surface area contributed by atoms with Crippen molar-refractivity contribution >= 4 is 5.96 Å². The third-order valence-corrected chi connectivity index (χ3v) is 5.66. The first-order chi connectivity index (χ1) is 13.9. The number of hydrogen-bond acceptors (Lipinski definition) is 3. The van der Waals surface area contributed by atoms with Gasteiger partial charge in [0.05, 0.1) is 18.2 Å². The largest absolute Gasteiger partial charge is 0.416 e. The van der Waals surface area contributed by atoms with Gasteiger partial charge in [-0.15, -0.1) is 0 Å². The summed E-state index contributed by atoms with van der Waals surface area (Å²) in [5.74, 6) is 0.667. The molecule has 3 rings (SSSR count). The van der Waals surface area contributed by atoms with Crippen LogP contribution in [-0.4, -0.2) is 51.5 Å². The first-order valence-electron chi connectivity index (χ1n) is 10.3. The zero-order chi connectivity index (χ0) is 20.7. The topological polar surface area (TPSA) is 54.9 Å². The molecule has 2 saturated heterocycles. The number of rotatable bonds is 6. The molecular weight excluding hydrogens is 383 g/mol. The molecule has 29 heavy (non-hydrogen) atoms. The molecule has 2 heterocycles. The van der Waals surface area contributed by atoms with Crippen LogP contribution in [0.4, 0.5) is 13.2 Å². The molecule has 0 saturated carbocycles. The zero-order valence-electron chi connectivity index (χ0n) is 16.9. The monoisotopic (exact) mass is 413 g/mol. The highest BCUT2D eigenvalue weighted by molar-refractivity contribution is 5.79. The van der Waals surface area contributed by atoms with Crippen LogP contribution in [0, 0.1) is 0 Å². The zero-order valence-corrected chi connectivity index (χ0v) is 16.9. The fourth-order valence-corrected chi connectivity index (χ4v) is 3.91. The van der Waals surface area contributed by atoms with E-state index in [1.165, 1.54) is 12.1 Å². The Balaban J connectivity index is 1.78. The molecule has 0 aliphatic carbocycles. The average Bonchev–Trinajstić information content (AvgIpc) is 3.24. The summed E-state index contributed by atoms with van der Waals surface area (Å²) in [6.07, 6.45) is -0.800. The predicted molar refractivity (Wildman–Crippen MR) is 106 cm³/mol. The number of aliphatic imine (C=N–C) groups is 1. The number of hydrogen-bond donors (Lipinski definition) is 2. The summed E-state index contributed by atoms with van der Waals surface area (Å²) in [7, 11) is 0. The molecule has 1 atom stereocenters. The van der Waals surface area contributed by atoms with Crippen molar-refractivity contribution in [2.75, 3.05) is 39.5 Å². The molecular formula is C21H30F3N3O2. The highest BCUT2D eigenvalue weighted by Crippen LogP contribution is 2.38. The van der Waals surface area contributed by atoms with Crippen LogP contribution in [0.15, 0.2) is 29.3 Å². The molecule has 2 N–H and O–H groups in total. The van der Waals surface area contributed by atoms with Gasteiger partial charge in [0.15, 0.2) is 5.96 Å². The lowest BCUT2D eigenvalue weighted by Crippen LogP contribution is -2.43. The van der Waals surface area contributed by atoms with Crippen LogP contribution in [-0.2, 0) is 21.1 Å². The predicted octanol–water partition coefficient (Wildman–Crippen LogP) is 3.49. The van der Waals surface area contributed by atoms with Crippen molar-refractivity contribution in [2.45, 2.75) is 50.3 Å². The fourth-order valence-electron chi connectivity index (χ4n) is 3.91. The number of ether oxygens (including phenoxy) is 2. The lowest BCUT2D eigenvalue weighted by Gasteiger charge is -2.37. The Bertz CT molecular complexity index is 682. The van der Waals surface area contributed by atoms with Gasteiger partial charge in [-0.1, -0.05) is 18.2 Å². The maximum atomic E-state index is 13.2. The summed E-state index contributed by atoms with van der Waals surface area (Å²) in [6, 6.07) is 5.66. The van der Waals surface area contributed by atoms with E-state index >= 15 is 0 Å². The molecule has 2 aliphatic heterocycles. The summed E-state index contributed by atoms with van der Waals surface area (Å²) in [5, 5.41) is 6.53. The number of halogens is 3. The van der Waals surface area contributed by atoms with Crippen molar-refractivity contribution in [3.05, 3.63) is 35.4 Å². The van der Waals surface area contributed by atoms with Gasteiger partial charge >= 0.3 is 6.18 Å². The van der Waals surface area contributed by atoms with Crippen LogP contribution < -0.4 is 10.6 Å². The quantitative estimate of drug-likeness (QED) is 0.554. The van der Waals surface area contributed by atoms with Gasteiger partial charge < -0.3 is 20.1 Å². The van der Waals surface area contributed by atoms with Gasteiger partial charge in [0, 0.05) is 38.3 Å². The summed E-state index contributed by atoms with van der Waals surface area (Å²) in [5.41, 5.74) is -0.409. The molecule has 0 radical (unpaired) electrons. The van der Waals surface area contributed by atoms with Crippen LogP contribution >= 0.6 is 0 Å². The van der Waals surface area contributed by atoms with Crippen molar-refractivity contribution < 1.29 is 22.6 Å². The van der Waals surface area contributed by atoms with Crippen LogP contribution in [0.25, 0.3) is 0 Å². The Kier molecular flexibility index (Phi) is 7.40. The second-order valence-electron chi connectivity index (χ2n) is 7.68. The van der Waals surface area contributed by atoms with E-state index in [9.17, 15) is 13.2 Å². The molecule has 8 heteroatoms. The normalized spacial score (nSPS) is 22.5. The highest BCUT2D eigenvalue weighted by atomic mass is 19.4. The van der Waals surface area contributed by atoms with Gasteiger partial charge in [0.2, 0.25) is 0 Å². The molecule has 1 unspecified atom stereocenters. The lowest BCUT2D eigenvalue weighted by atomic mass is 9.74. The molecule has 0 bridgehead atoms. The van der Waals surface area contributed by atoms with Crippen molar-refractivity contribution in [1.82, 2.24) is 10.6 Å². The van der Waals surface area contributed by atoms with Gasteiger partial charge in [0.1, 0.15) is 0 Å². The van der Waals surface area contributed by atoms with Gasteiger partial charge in [-0.05, 0) is 44.2 Å². The SMILES string of the molecule is CCNC(=NCC1(c2cccc(C(F)(F)F)c2)CCOCC1)NCC1CCCO1. The first-order valence-corrected chi connectivity index (χ1v) is 10.3. The molecule has 2 aliphatic rings. The van der Waals surface area contributed by atoms with Crippen LogP contribution in [0.5, 0.6) is 0 Å². The second-order valence-corrected chi connectivity index (χ2v) is 7.68. The van der Waals surface area contributed by atoms with Crippen molar-refractivity contribution in [3.63, 3.8) is 0 Å². The van der Waals surface area contributed by atoms with Crippen molar-refractivity contribution in [3.8, 4) is 0 Å². The van der Waals surface area contributed by atoms with Crippen molar-refractivity contribution in [1.29, 1.82) is 0 Å². The number of benzene rings is 1. The lowest BCUT2D eigenvalue weighted by molar-refractivity contribution is -0.137. The second kappa shape index (κ2) is 9.80. The van der Waals surface area contributed by atoms with Gasteiger partial charge in [0.25, 0.3) is 0 Å². The molecule has 1 aromatic carbocycles. The van der Waals surface area contributed by atoms with E-state index in [1.54, 1.807) is 6.07 Å². The maximum Gasteiger partial charge on any atom is 0.416 e. The number of guanidine groups is 1. The van der Waals surface area contributed by atoms with E-state index in [-0.39, 0.29) is 6.10 Å². The molecule has 0 spiro atoms. The van der Waals surface area contributed by atoms with E-state index in [0.29, 0.717) is 57.2 Å². The third kappa shape index (κ3) is 5.85. The molecule has 2 fully saturated rings. The van der Waals surface area contributed by atoms with Crippen LogP contribution in [0.1, 0.15) is 43.7 Å². The molecule has 162 valence electrons. The molecule has 5 nitrogen and oxygen atoms in total. The third-order valence-electron chi connectivity index (χ3n) is 5.66. The standard InChI is InChI=1S/C21H30F3N3O2/c1-2-25-19(26-14-18-7-4-10-29-18)27-15-20(8-11-28-12-9-20)16-5-3-6-17(13-16)21(22,23)24/h3,5-6,13,18H,2,4,7-12,14-15H2,1H3,(H2,25,26,27). The van der Waals surface area contributed by atoms with Gasteiger partial charge in [-0.25, -0.2) is 0 Å². The number of alkyl halides is 3. The highest BCUT2D eigenvalue weighted by Gasteiger charge is 2.37. The Morgan fingerprint density at radius 3 is 2.66 bits per heavy atom. The smallest absolute Gasteiger partial charge is 0.381 e. The summed E-state index contributed by atoms with van der Waals surface area (Å²) < 4.78 is 50.9. The first kappa shape index (κ1) is 21.9. The number of nitrogens with zero attached hydrogens (tertiary/aromatic N) is 1. The van der Waals surface area contributed by atoms with E-state index < -0.39 is 17.2 Å². The van der Waals surface area contributed by atoms with E-state index in [0.717, 1.165) is 25.5 Å². The van der Waals surface area contributed by atoms with E-state index in [2.05, 4.69) is 10.6 Å². The van der Waals surface area contributed by atoms with Gasteiger partial charge in [-0.3, -0.25) is 4.99 Å². The molecule has 0 aromatic heterocycles. The summed E-state index contributed by atoms with van der Waals surface area (Å²) in [4.78, 5) is 4.74. The Morgan fingerprint density at radius 1 is 1.21 bits per heavy atom. The summed E-state index contributed by atoms with van der Waals surface area (Å²) >= 11 is 0. The molecule has 0 amide bonds. The summed E-state index contributed by atoms with van der Waals surface area (Å²) in [6.45, 7) is 5.59. The van der Waals surface area contributed by atoms with Crippen molar-refractivity contribution in [2.24, 2.45) is 4.99 Å². The van der Waals surface area contributed by atoms with Crippen LogP contribution in [0.3, 0.4) is 0 Å². The molecule has 1 aromatic rings. The minimum atomic E-state index is -4.36. The Labute approximate surface area is 170 Å². The minimum absolute atomic E-state index is 0.180. The maximum absolute atomic E-state index is 13.2. The van der Waals surface area contributed by atoms with Gasteiger partial charge in [-0.2, -0.15) is 13.2 Å².